The molecule has 0 aromatic heterocycles. The molecule has 0 atom stereocenters. The first-order valence-electron chi connectivity index (χ1n) is 6.26. The second kappa shape index (κ2) is 6.13. The maximum absolute atomic E-state index is 5.81. The predicted molar refractivity (Wildman–Crippen MR) is 80.9 cm³/mol. The summed E-state index contributed by atoms with van der Waals surface area (Å²) in [5.74, 6) is 0.866. The lowest BCUT2D eigenvalue weighted by molar-refractivity contribution is 0.413. The Morgan fingerprint density at radius 2 is 1.84 bits per heavy atom. The molecule has 2 N–H and O–H groups in total. The third-order valence-electron chi connectivity index (χ3n) is 3.06. The molecule has 0 saturated heterocycles. The van der Waals surface area contributed by atoms with Crippen molar-refractivity contribution in [3.63, 3.8) is 0 Å². The fourth-order valence-electron chi connectivity index (χ4n) is 1.86. The molecule has 100 valence electrons. The largest absolute Gasteiger partial charge is 0.497 e. The van der Waals surface area contributed by atoms with E-state index in [1.165, 1.54) is 16.0 Å². The summed E-state index contributed by atoms with van der Waals surface area (Å²) in [5, 5.41) is 0. The van der Waals surface area contributed by atoms with Crippen molar-refractivity contribution in [1.29, 1.82) is 0 Å². The van der Waals surface area contributed by atoms with Gasteiger partial charge in [-0.15, -0.1) is 0 Å². The van der Waals surface area contributed by atoms with Crippen LogP contribution in [0.25, 0.3) is 0 Å². The molecular formula is C16H19NOS. The molecule has 0 aliphatic rings. The van der Waals surface area contributed by atoms with E-state index in [4.69, 9.17) is 10.5 Å². The van der Waals surface area contributed by atoms with Gasteiger partial charge in [-0.25, -0.2) is 0 Å². The van der Waals surface area contributed by atoms with E-state index in [2.05, 4.69) is 38.1 Å². The van der Waals surface area contributed by atoms with E-state index in [9.17, 15) is 0 Å². The van der Waals surface area contributed by atoms with Crippen molar-refractivity contribution in [2.75, 3.05) is 7.11 Å². The summed E-state index contributed by atoms with van der Waals surface area (Å²) in [4.78, 5) is 2.43. The molecule has 0 fully saturated rings. The topological polar surface area (TPSA) is 35.2 Å². The monoisotopic (exact) mass is 273 g/mol. The lowest BCUT2D eigenvalue weighted by Crippen LogP contribution is -1.99. The molecule has 0 amide bonds. The summed E-state index contributed by atoms with van der Waals surface area (Å²) >= 11 is 1.75. The van der Waals surface area contributed by atoms with Crippen LogP contribution in [0, 0.1) is 13.8 Å². The van der Waals surface area contributed by atoms with Crippen LogP contribution in [-0.2, 0) is 6.54 Å². The molecule has 0 heterocycles. The molecule has 2 aromatic rings. The molecule has 0 unspecified atom stereocenters. The molecule has 0 aliphatic heterocycles. The Hall–Kier alpha value is -1.45. The molecule has 2 aromatic carbocycles. The van der Waals surface area contributed by atoms with Crippen LogP contribution in [0.4, 0.5) is 0 Å². The number of hydrogen-bond acceptors (Lipinski definition) is 3. The fraction of sp³-hybridized carbons (Fsp3) is 0.250. The quantitative estimate of drug-likeness (QED) is 0.917. The molecule has 0 radical (unpaired) electrons. The number of aryl methyl sites for hydroxylation is 2. The van der Waals surface area contributed by atoms with Crippen molar-refractivity contribution in [2.24, 2.45) is 5.73 Å². The molecule has 0 bridgehead atoms. The average molecular weight is 273 g/mol. The maximum atomic E-state index is 5.81. The maximum Gasteiger partial charge on any atom is 0.120 e. The van der Waals surface area contributed by atoms with Gasteiger partial charge in [-0.2, -0.15) is 0 Å². The zero-order valence-corrected chi connectivity index (χ0v) is 12.4. The summed E-state index contributed by atoms with van der Waals surface area (Å²) in [7, 11) is 1.68. The minimum atomic E-state index is 0.539. The van der Waals surface area contributed by atoms with Crippen LogP contribution in [-0.4, -0.2) is 7.11 Å². The average Bonchev–Trinajstić information content (AvgIpc) is 2.42. The van der Waals surface area contributed by atoms with E-state index < -0.39 is 0 Å². The molecular weight excluding hydrogens is 254 g/mol. The highest BCUT2D eigenvalue weighted by Gasteiger charge is 2.07. The Kier molecular flexibility index (Phi) is 4.51. The molecule has 2 nitrogen and oxygen atoms in total. The Balaban J connectivity index is 2.38. The third kappa shape index (κ3) is 3.31. The van der Waals surface area contributed by atoms with Gasteiger partial charge in [0.2, 0.25) is 0 Å². The van der Waals surface area contributed by atoms with E-state index in [0.717, 1.165) is 16.2 Å². The molecule has 0 saturated carbocycles. The Bertz CT molecular complexity index is 581. The second-order valence-electron chi connectivity index (χ2n) is 4.55. The number of nitrogens with two attached hydrogens (primary N) is 1. The van der Waals surface area contributed by atoms with Gasteiger partial charge in [-0.05, 0) is 48.7 Å². The molecule has 2 rings (SSSR count). The standard InChI is InChI=1S/C16H19NOS/c1-11-4-5-12(2)15(8-11)19-16-9-14(18-3)7-6-13(16)10-17/h4-9H,10,17H2,1-3H3. The second-order valence-corrected chi connectivity index (χ2v) is 5.63. The summed E-state index contributed by atoms with van der Waals surface area (Å²) < 4.78 is 5.29. The van der Waals surface area contributed by atoms with Crippen molar-refractivity contribution in [3.05, 3.63) is 53.1 Å². The number of hydrogen-bond donors (Lipinski definition) is 1. The molecule has 0 spiro atoms. The van der Waals surface area contributed by atoms with Gasteiger partial charge >= 0.3 is 0 Å². The highest BCUT2D eigenvalue weighted by Crippen LogP contribution is 2.35. The number of ether oxygens (including phenoxy) is 1. The van der Waals surface area contributed by atoms with E-state index in [1.807, 2.05) is 12.1 Å². The smallest absolute Gasteiger partial charge is 0.120 e. The van der Waals surface area contributed by atoms with E-state index >= 15 is 0 Å². The van der Waals surface area contributed by atoms with Gasteiger partial charge in [-0.1, -0.05) is 30.0 Å². The van der Waals surface area contributed by atoms with Crippen LogP contribution in [0.3, 0.4) is 0 Å². The van der Waals surface area contributed by atoms with Gasteiger partial charge in [0.05, 0.1) is 7.11 Å². The number of rotatable bonds is 4. The zero-order chi connectivity index (χ0) is 13.8. The van der Waals surface area contributed by atoms with Gasteiger partial charge in [0, 0.05) is 16.3 Å². The lowest BCUT2D eigenvalue weighted by Gasteiger charge is -2.12. The first-order chi connectivity index (χ1) is 9.13. The van der Waals surface area contributed by atoms with Crippen LogP contribution in [0.5, 0.6) is 5.75 Å². The zero-order valence-electron chi connectivity index (χ0n) is 11.6. The predicted octanol–water partition coefficient (Wildman–Crippen LogP) is 3.92. The Morgan fingerprint density at radius 1 is 1.05 bits per heavy atom. The summed E-state index contributed by atoms with van der Waals surface area (Å²) in [6.45, 7) is 4.78. The van der Waals surface area contributed by atoms with Gasteiger partial charge in [0.15, 0.2) is 0 Å². The lowest BCUT2D eigenvalue weighted by atomic mass is 10.2. The van der Waals surface area contributed by atoms with Gasteiger partial charge in [0.25, 0.3) is 0 Å². The molecule has 19 heavy (non-hydrogen) atoms. The molecule has 0 aliphatic carbocycles. The van der Waals surface area contributed by atoms with Crippen molar-refractivity contribution in [1.82, 2.24) is 0 Å². The van der Waals surface area contributed by atoms with Gasteiger partial charge in [-0.3, -0.25) is 0 Å². The minimum Gasteiger partial charge on any atom is -0.497 e. The Morgan fingerprint density at radius 3 is 2.53 bits per heavy atom. The van der Waals surface area contributed by atoms with Gasteiger partial charge < -0.3 is 10.5 Å². The Labute approximate surface area is 119 Å². The highest BCUT2D eigenvalue weighted by atomic mass is 32.2. The van der Waals surface area contributed by atoms with E-state index in [1.54, 1.807) is 18.9 Å². The highest BCUT2D eigenvalue weighted by molar-refractivity contribution is 7.99. The van der Waals surface area contributed by atoms with Crippen LogP contribution >= 0.6 is 11.8 Å². The normalized spacial score (nSPS) is 10.5. The van der Waals surface area contributed by atoms with E-state index in [-0.39, 0.29) is 0 Å². The first kappa shape index (κ1) is 14.0. The fourth-order valence-corrected chi connectivity index (χ4v) is 3.03. The summed E-state index contributed by atoms with van der Waals surface area (Å²) in [6, 6.07) is 12.5. The van der Waals surface area contributed by atoms with Crippen LogP contribution < -0.4 is 10.5 Å². The summed E-state index contributed by atoms with van der Waals surface area (Å²) in [6.07, 6.45) is 0. The van der Waals surface area contributed by atoms with Crippen molar-refractivity contribution >= 4 is 11.8 Å². The number of methoxy groups -OCH3 is 1. The van der Waals surface area contributed by atoms with Crippen molar-refractivity contribution in [3.8, 4) is 5.75 Å². The van der Waals surface area contributed by atoms with Crippen molar-refractivity contribution in [2.45, 2.75) is 30.2 Å². The number of benzene rings is 2. The van der Waals surface area contributed by atoms with E-state index in [0.29, 0.717) is 6.54 Å². The SMILES string of the molecule is COc1ccc(CN)c(Sc2cc(C)ccc2C)c1. The van der Waals surface area contributed by atoms with Crippen LogP contribution in [0.2, 0.25) is 0 Å². The van der Waals surface area contributed by atoms with Crippen LogP contribution in [0.15, 0.2) is 46.2 Å². The third-order valence-corrected chi connectivity index (χ3v) is 4.32. The molecule has 3 heteroatoms. The van der Waals surface area contributed by atoms with Crippen LogP contribution in [0.1, 0.15) is 16.7 Å². The first-order valence-corrected chi connectivity index (χ1v) is 7.07. The minimum absolute atomic E-state index is 0.539. The summed E-state index contributed by atoms with van der Waals surface area (Å²) in [5.41, 5.74) is 9.50. The van der Waals surface area contributed by atoms with Gasteiger partial charge in [0.1, 0.15) is 5.75 Å². The van der Waals surface area contributed by atoms with Crippen molar-refractivity contribution < 1.29 is 4.74 Å².